The van der Waals surface area contributed by atoms with Crippen molar-refractivity contribution in [2.24, 2.45) is 0 Å². The van der Waals surface area contributed by atoms with Gasteiger partial charge < -0.3 is 14.5 Å². The van der Waals surface area contributed by atoms with Crippen molar-refractivity contribution in [1.82, 2.24) is 9.80 Å². The number of piperazine rings is 1. The van der Waals surface area contributed by atoms with Crippen LogP contribution in [-0.4, -0.2) is 75.6 Å². The van der Waals surface area contributed by atoms with Crippen LogP contribution in [0.3, 0.4) is 0 Å². The Bertz CT molecular complexity index is 757. The van der Waals surface area contributed by atoms with Crippen molar-refractivity contribution in [2.45, 2.75) is 13.8 Å². The van der Waals surface area contributed by atoms with Crippen molar-refractivity contribution in [1.29, 1.82) is 0 Å². The smallest absolute Gasteiger partial charge is 0.243 e. The van der Waals surface area contributed by atoms with E-state index >= 15 is 0 Å². The fourth-order valence-electron chi connectivity index (χ4n) is 2.82. The van der Waals surface area contributed by atoms with Crippen LogP contribution in [0.1, 0.15) is 13.8 Å². The molecule has 2 amide bonds. The van der Waals surface area contributed by atoms with E-state index < -0.39 is 10.0 Å². The van der Waals surface area contributed by atoms with E-state index in [1.54, 1.807) is 41.0 Å². The Hall–Kier alpha value is -2.29. The Morgan fingerprint density at radius 2 is 1.69 bits per heavy atom. The van der Waals surface area contributed by atoms with Crippen molar-refractivity contribution in [3.63, 3.8) is 0 Å². The van der Waals surface area contributed by atoms with Gasteiger partial charge in [0.15, 0.2) is 0 Å². The number of hydrogen-bond donors (Lipinski definition) is 0. The van der Waals surface area contributed by atoms with Gasteiger partial charge in [-0.15, -0.1) is 0 Å². The Morgan fingerprint density at radius 1 is 1.12 bits per heavy atom. The van der Waals surface area contributed by atoms with Gasteiger partial charge in [-0.3, -0.25) is 13.9 Å². The monoisotopic (exact) mass is 383 g/mol. The van der Waals surface area contributed by atoms with Crippen molar-refractivity contribution in [3.05, 3.63) is 24.3 Å². The van der Waals surface area contributed by atoms with E-state index in [-0.39, 0.29) is 18.4 Å². The molecule has 1 aliphatic rings. The summed E-state index contributed by atoms with van der Waals surface area (Å²) >= 11 is 0. The molecule has 0 aliphatic carbocycles. The topological polar surface area (TPSA) is 87.2 Å². The van der Waals surface area contributed by atoms with Crippen molar-refractivity contribution < 1.29 is 22.7 Å². The van der Waals surface area contributed by atoms with Gasteiger partial charge in [-0.2, -0.15) is 0 Å². The van der Waals surface area contributed by atoms with Crippen LogP contribution in [0.4, 0.5) is 5.69 Å². The summed E-state index contributed by atoms with van der Waals surface area (Å²) in [4.78, 5) is 27.3. The van der Waals surface area contributed by atoms with Crippen LogP contribution >= 0.6 is 0 Å². The average molecular weight is 383 g/mol. The summed E-state index contributed by atoms with van der Waals surface area (Å²) in [5, 5.41) is 0. The maximum absolute atomic E-state index is 12.6. The summed E-state index contributed by atoms with van der Waals surface area (Å²) in [5.41, 5.74) is 0.340. The van der Waals surface area contributed by atoms with Gasteiger partial charge in [-0.05, 0) is 19.1 Å². The lowest BCUT2D eigenvalue weighted by Gasteiger charge is -2.35. The first-order valence-corrected chi connectivity index (χ1v) is 10.3. The lowest BCUT2D eigenvalue weighted by Crippen LogP contribution is -2.52. The zero-order chi connectivity index (χ0) is 19.3. The summed E-state index contributed by atoms with van der Waals surface area (Å²) in [5.74, 6) is 0.0834. The van der Waals surface area contributed by atoms with E-state index in [9.17, 15) is 18.0 Å². The third-order valence-electron chi connectivity index (χ3n) is 4.19. The predicted octanol–water partition coefficient (Wildman–Crippen LogP) is 0.542. The highest BCUT2D eigenvalue weighted by molar-refractivity contribution is 7.92. The SMILES string of the molecule is CCOc1ccccc1N(CC(=O)N1CCN(C(C)=O)CC1)S(C)(=O)=O. The first-order chi connectivity index (χ1) is 12.2. The number of anilines is 1. The molecule has 1 saturated heterocycles. The fourth-order valence-corrected chi connectivity index (χ4v) is 3.67. The van der Waals surface area contributed by atoms with Crippen molar-refractivity contribution in [3.8, 4) is 5.75 Å². The van der Waals surface area contributed by atoms with Crippen LogP contribution in [0, 0.1) is 0 Å². The highest BCUT2D eigenvalue weighted by Gasteiger charge is 2.28. The molecular weight excluding hydrogens is 358 g/mol. The molecule has 8 nitrogen and oxygen atoms in total. The van der Waals surface area contributed by atoms with Gasteiger partial charge in [-0.25, -0.2) is 8.42 Å². The maximum atomic E-state index is 12.6. The van der Waals surface area contributed by atoms with E-state index in [0.717, 1.165) is 10.6 Å². The first kappa shape index (κ1) is 20.0. The average Bonchev–Trinajstić information content (AvgIpc) is 2.59. The minimum absolute atomic E-state index is 0.0273. The van der Waals surface area contributed by atoms with Gasteiger partial charge in [0.05, 0.1) is 18.6 Å². The third-order valence-corrected chi connectivity index (χ3v) is 5.32. The number of sulfonamides is 1. The number of amides is 2. The lowest BCUT2D eigenvalue weighted by molar-refractivity contribution is -0.137. The molecule has 0 atom stereocenters. The van der Waals surface area contributed by atoms with Gasteiger partial charge >= 0.3 is 0 Å². The molecule has 144 valence electrons. The molecule has 0 radical (unpaired) electrons. The number of ether oxygens (including phenoxy) is 1. The van der Waals surface area contributed by atoms with Gasteiger partial charge in [0.1, 0.15) is 12.3 Å². The number of carbonyl (C=O) groups excluding carboxylic acids is 2. The Labute approximate surface area is 154 Å². The predicted molar refractivity (Wildman–Crippen MR) is 98.6 cm³/mol. The van der Waals surface area contributed by atoms with Crippen LogP contribution < -0.4 is 9.04 Å². The molecule has 0 N–H and O–H groups in total. The number of carbonyl (C=O) groups is 2. The molecule has 0 aromatic heterocycles. The standard InChI is InChI=1S/C17H25N3O5S/c1-4-25-16-8-6-5-7-15(16)20(26(3,23)24)13-17(22)19-11-9-18(10-12-19)14(2)21/h5-8H,4,9-13H2,1-3H3. The molecule has 1 aromatic rings. The molecule has 2 rings (SSSR count). The van der Waals surface area contributed by atoms with Crippen LogP contribution in [0.15, 0.2) is 24.3 Å². The molecule has 1 aromatic carbocycles. The summed E-state index contributed by atoms with van der Waals surface area (Å²) in [7, 11) is -3.68. The number of para-hydroxylation sites is 2. The summed E-state index contributed by atoms with van der Waals surface area (Å²) in [6.45, 7) is 5.07. The molecule has 9 heteroatoms. The second-order valence-corrected chi connectivity index (χ2v) is 7.96. The maximum Gasteiger partial charge on any atom is 0.243 e. The summed E-state index contributed by atoms with van der Waals surface area (Å²) < 4.78 is 31.2. The highest BCUT2D eigenvalue weighted by atomic mass is 32.2. The van der Waals surface area contributed by atoms with E-state index in [2.05, 4.69) is 0 Å². The number of nitrogens with zero attached hydrogens (tertiary/aromatic N) is 3. The first-order valence-electron chi connectivity index (χ1n) is 8.47. The molecule has 1 heterocycles. The Morgan fingerprint density at radius 3 is 2.23 bits per heavy atom. The Balaban J connectivity index is 2.17. The second-order valence-electron chi connectivity index (χ2n) is 6.06. The molecule has 0 unspecified atom stereocenters. The summed E-state index contributed by atoms with van der Waals surface area (Å²) in [6.07, 6.45) is 1.07. The quantitative estimate of drug-likeness (QED) is 0.716. The van der Waals surface area contributed by atoms with Crippen LogP contribution in [-0.2, 0) is 19.6 Å². The third kappa shape index (κ3) is 4.87. The Kier molecular flexibility index (Phi) is 6.47. The van der Waals surface area contributed by atoms with Gasteiger partial charge in [0.2, 0.25) is 21.8 Å². The molecular formula is C17H25N3O5S. The normalized spacial score (nSPS) is 14.9. The molecule has 1 fully saturated rings. The molecule has 1 aliphatic heterocycles. The highest BCUT2D eigenvalue weighted by Crippen LogP contribution is 2.29. The van der Waals surface area contributed by atoms with Gasteiger partial charge in [-0.1, -0.05) is 12.1 Å². The zero-order valence-corrected chi connectivity index (χ0v) is 16.2. The van der Waals surface area contributed by atoms with E-state index in [0.29, 0.717) is 44.2 Å². The minimum Gasteiger partial charge on any atom is -0.492 e. The fraction of sp³-hybridized carbons (Fsp3) is 0.529. The van der Waals surface area contributed by atoms with E-state index in [1.807, 2.05) is 0 Å². The van der Waals surface area contributed by atoms with E-state index in [4.69, 9.17) is 4.74 Å². The van der Waals surface area contributed by atoms with Crippen LogP contribution in [0.2, 0.25) is 0 Å². The number of hydrogen-bond acceptors (Lipinski definition) is 5. The van der Waals surface area contributed by atoms with Crippen molar-refractivity contribution >= 4 is 27.5 Å². The second kappa shape index (κ2) is 8.39. The van der Waals surface area contributed by atoms with E-state index in [1.165, 1.54) is 6.92 Å². The van der Waals surface area contributed by atoms with Crippen molar-refractivity contribution in [2.75, 3.05) is 49.9 Å². The number of benzene rings is 1. The molecule has 0 saturated carbocycles. The zero-order valence-electron chi connectivity index (χ0n) is 15.3. The lowest BCUT2D eigenvalue weighted by atomic mass is 10.2. The summed E-state index contributed by atoms with van der Waals surface area (Å²) in [6, 6.07) is 6.74. The van der Waals surface area contributed by atoms with Gasteiger partial charge in [0.25, 0.3) is 0 Å². The largest absolute Gasteiger partial charge is 0.492 e. The molecule has 0 spiro atoms. The van der Waals surface area contributed by atoms with Gasteiger partial charge in [0, 0.05) is 33.1 Å². The minimum atomic E-state index is -3.68. The molecule has 26 heavy (non-hydrogen) atoms. The number of rotatable bonds is 6. The van der Waals surface area contributed by atoms with Crippen LogP contribution in [0.25, 0.3) is 0 Å². The van der Waals surface area contributed by atoms with Crippen LogP contribution in [0.5, 0.6) is 5.75 Å². The molecule has 0 bridgehead atoms.